The van der Waals surface area contributed by atoms with Crippen LogP contribution in [-0.2, 0) is 16.4 Å². The van der Waals surface area contributed by atoms with Crippen LogP contribution in [0.4, 0.5) is 0 Å². The third-order valence-electron chi connectivity index (χ3n) is 3.24. The summed E-state index contributed by atoms with van der Waals surface area (Å²) in [7, 11) is -2.92. The predicted molar refractivity (Wildman–Crippen MR) is 76.3 cm³/mol. The second-order valence-electron chi connectivity index (χ2n) is 4.50. The quantitative estimate of drug-likeness (QED) is 0.762. The van der Waals surface area contributed by atoms with Crippen LogP contribution in [0.15, 0.2) is 30.5 Å². The van der Waals surface area contributed by atoms with Gasteiger partial charge in [-0.15, -0.1) is 0 Å². The minimum atomic E-state index is -2.92. The molecule has 0 fully saturated rings. The van der Waals surface area contributed by atoms with E-state index < -0.39 is 9.84 Å². The normalized spacial score (nSPS) is 11.8. The summed E-state index contributed by atoms with van der Waals surface area (Å²) < 4.78 is 24.8. The molecule has 0 radical (unpaired) electrons. The number of nitrogens with zero attached hydrogens (tertiary/aromatic N) is 1. The summed E-state index contributed by atoms with van der Waals surface area (Å²) >= 11 is 0. The van der Waals surface area contributed by atoms with Crippen molar-refractivity contribution in [2.75, 3.05) is 11.5 Å². The molecule has 2 aromatic rings. The van der Waals surface area contributed by atoms with E-state index in [1.807, 2.05) is 28.8 Å². The molecule has 102 valence electrons. The average molecular weight is 279 g/mol. The first-order valence-corrected chi connectivity index (χ1v) is 8.13. The molecule has 0 spiro atoms. The van der Waals surface area contributed by atoms with Gasteiger partial charge < -0.3 is 4.57 Å². The summed E-state index contributed by atoms with van der Waals surface area (Å²) in [5.74, 6) is 0.367. The average Bonchev–Trinajstić information content (AvgIpc) is 2.77. The van der Waals surface area contributed by atoms with E-state index in [1.165, 1.54) is 0 Å². The van der Waals surface area contributed by atoms with Gasteiger partial charge >= 0.3 is 0 Å². The Bertz CT molecular complexity index is 686. The molecule has 19 heavy (non-hydrogen) atoms. The van der Waals surface area contributed by atoms with Crippen molar-refractivity contribution in [2.45, 2.75) is 19.9 Å². The number of fused-ring (bicyclic) bond motifs is 1. The highest BCUT2D eigenvalue weighted by Gasteiger charge is 2.10. The molecule has 5 heteroatoms. The number of carbonyl (C=O) groups is 1. The Morgan fingerprint density at radius 3 is 2.68 bits per heavy atom. The summed E-state index contributed by atoms with van der Waals surface area (Å²) in [6, 6.07) is 7.65. The Morgan fingerprint density at radius 1 is 1.26 bits per heavy atom. The number of sulfone groups is 1. The van der Waals surface area contributed by atoms with Crippen molar-refractivity contribution in [3.05, 3.63) is 36.0 Å². The molecule has 1 aromatic heterocycles. The highest BCUT2D eigenvalue weighted by Crippen LogP contribution is 2.20. The first-order valence-electron chi connectivity index (χ1n) is 6.31. The van der Waals surface area contributed by atoms with Gasteiger partial charge in [0.25, 0.3) is 0 Å². The predicted octanol–water partition coefficient (Wildman–Crippen LogP) is 2.28. The van der Waals surface area contributed by atoms with Crippen LogP contribution < -0.4 is 0 Å². The van der Waals surface area contributed by atoms with Gasteiger partial charge in [-0.1, -0.05) is 25.1 Å². The van der Waals surface area contributed by atoms with Crippen molar-refractivity contribution < 1.29 is 13.2 Å². The van der Waals surface area contributed by atoms with Gasteiger partial charge in [0.15, 0.2) is 6.29 Å². The molecular formula is C14H17NO3S. The summed E-state index contributed by atoms with van der Waals surface area (Å²) in [6.07, 6.45) is 3.19. The van der Waals surface area contributed by atoms with E-state index in [0.29, 0.717) is 18.5 Å². The van der Waals surface area contributed by atoms with E-state index in [9.17, 15) is 13.2 Å². The Kier molecular flexibility index (Phi) is 4.04. The first-order chi connectivity index (χ1) is 9.07. The van der Waals surface area contributed by atoms with E-state index >= 15 is 0 Å². The number of aromatic nitrogens is 1. The number of rotatable bonds is 6. The minimum Gasteiger partial charge on any atom is -0.347 e. The number of aldehydes is 1. The van der Waals surface area contributed by atoms with Gasteiger partial charge in [-0.3, -0.25) is 4.79 Å². The molecule has 0 N–H and O–H groups in total. The number of hydrogen-bond acceptors (Lipinski definition) is 3. The number of carbonyl (C=O) groups excluding carboxylic acids is 1. The first kappa shape index (κ1) is 13.8. The lowest BCUT2D eigenvalue weighted by atomic mass is 10.2. The molecule has 0 amide bonds. The van der Waals surface area contributed by atoms with E-state index in [2.05, 4.69) is 0 Å². The number of aryl methyl sites for hydroxylation is 1. The molecule has 0 unspecified atom stereocenters. The third kappa shape index (κ3) is 3.04. The molecule has 1 aromatic carbocycles. The maximum Gasteiger partial charge on any atom is 0.152 e. The van der Waals surface area contributed by atoms with Gasteiger partial charge in [0.2, 0.25) is 0 Å². The van der Waals surface area contributed by atoms with Crippen LogP contribution in [0.3, 0.4) is 0 Å². The van der Waals surface area contributed by atoms with Crippen molar-refractivity contribution in [3.8, 4) is 0 Å². The molecule has 4 nitrogen and oxygen atoms in total. The SMILES string of the molecule is CCS(=O)(=O)CCCn1cc(C=O)c2ccccc21. The smallest absolute Gasteiger partial charge is 0.152 e. The maximum atomic E-state index is 11.4. The van der Waals surface area contributed by atoms with Gasteiger partial charge in [0.05, 0.1) is 5.75 Å². The van der Waals surface area contributed by atoms with Gasteiger partial charge in [0.1, 0.15) is 9.84 Å². The van der Waals surface area contributed by atoms with E-state index in [4.69, 9.17) is 0 Å². The van der Waals surface area contributed by atoms with E-state index in [1.54, 1.807) is 13.1 Å². The van der Waals surface area contributed by atoms with Crippen LogP contribution >= 0.6 is 0 Å². The number of hydrogen-bond donors (Lipinski definition) is 0. The Morgan fingerprint density at radius 2 is 2.00 bits per heavy atom. The molecule has 0 aliphatic rings. The van der Waals surface area contributed by atoms with Crippen molar-refractivity contribution in [3.63, 3.8) is 0 Å². The minimum absolute atomic E-state index is 0.180. The molecule has 0 atom stereocenters. The molecule has 1 heterocycles. The van der Waals surface area contributed by atoms with Gasteiger partial charge in [-0.05, 0) is 12.5 Å². The topological polar surface area (TPSA) is 56.1 Å². The highest BCUT2D eigenvalue weighted by molar-refractivity contribution is 7.91. The summed E-state index contributed by atoms with van der Waals surface area (Å²) in [4.78, 5) is 11.0. The fourth-order valence-electron chi connectivity index (χ4n) is 2.15. The van der Waals surface area contributed by atoms with E-state index in [-0.39, 0.29) is 11.5 Å². The molecule has 0 aliphatic carbocycles. The van der Waals surface area contributed by atoms with Crippen molar-refractivity contribution in [2.24, 2.45) is 0 Å². The van der Waals surface area contributed by atoms with Gasteiger partial charge in [0, 0.05) is 35.0 Å². The number of benzene rings is 1. The van der Waals surface area contributed by atoms with Crippen LogP contribution in [0, 0.1) is 0 Å². The molecule has 0 saturated carbocycles. The second kappa shape index (κ2) is 5.57. The monoisotopic (exact) mass is 279 g/mol. The maximum absolute atomic E-state index is 11.4. The standard InChI is InChI=1S/C14H17NO3S/c1-2-19(17,18)9-5-8-15-10-12(11-16)13-6-3-4-7-14(13)15/h3-4,6-7,10-11H,2,5,8-9H2,1H3. The second-order valence-corrected chi connectivity index (χ2v) is 6.98. The summed E-state index contributed by atoms with van der Waals surface area (Å²) in [5.41, 5.74) is 1.62. The Labute approximate surface area is 113 Å². The lowest BCUT2D eigenvalue weighted by Gasteiger charge is -2.05. The molecule has 0 bridgehead atoms. The molecule has 0 saturated heterocycles. The zero-order valence-corrected chi connectivity index (χ0v) is 11.7. The lowest BCUT2D eigenvalue weighted by Crippen LogP contribution is -2.11. The van der Waals surface area contributed by atoms with Gasteiger partial charge in [-0.2, -0.15) is 0 Å². The summed E-state index contributed by atoms with van der Waals surface area (Å²) in [5, 5.41) is 0.913. The van der Waals surface area contributed by atoms with Crippen LogP contribution in [0.25, 0.3) is 10.9 Å². The largest absolute Gasteiger partial charge is 0.347 e. The van der Waals surface area contributed by atoms with Crippen LogP contribution in [0.2, 0.25) is 0 Å². The number of para-hydroxylation sites is 1. The fourth-order valence-corrected chi connectivity index (χ4v) is 3.01. The zero-order chi connectivity index (χ0) is 13.9. The molecular weight excluding hydrogens is 262 g/mol. The zero-order valence-electron chi connectivity index (χ0n) is 10.9. The van der Waals surface area contributed by atoms with Crippen LogP contribution in [-0.4, -0.2) is 30.8 Å². The molecule has 0 aliphatic heterocycles. The van der Waals surface area contributed by atoms with Crippen LogP contribution in [0.1, 0.15) is 23.7 Å². The lowest BCUT2D eigenvalue weighted by molar-refractivity contribution is 0.112. The van der Waals surface area contributed by atoms with Crippen LogP contribution in [0.5, 0.6) is 0 Å². The highest BCUT2D eigenvalue weighted by atomic mass is 32.2. The van der Waals surface area contributed by atoms with E-state index in [0.717, 1.165) is 17.2 Å². The fraction of sp³-hybridized carbons (Fsp3) is 0.357. The van der Waals surface area contributed by atoms with Gasteiger partial charge in [-0.25, -0.2) is 8.42 Å². The Balaban J connectivity index is 2.20. The van der Waals surface area contributed by atoms with Crippen molar-refractivity contribution in [1.29, 1.82) is 0 Å². The molecule has 2 rings (SSSR count). The van der Waals surface area contributed by atoms with Crippen molar-refractivity contribution >= 4 is 27.0 Å². The summed E-state index contributed by atoms with van der Waals surface area (Å²) in [6.45, 7) is 2.26. The Hall–Kier alpha value is -1.62. The van der Waals surface area contributed by atoms with Crippen molar-refractivity contribution in [1.82, 2.24) is 4.57 Å². The third-order valence-corrected chi connectivity index (χ3v) is 5.03.